The van der Waals surface area contributed by atoms with E-state index in [1.165, 1.54) is 19.3 Å². The zero-order valence-electron chi connectivity index (χ0n) is 17.1. The molecule has 0 radical (unpaired) electrons. The lowest BCUT2D eigenvalue weighted by Crippen LogP contribution is -2.49. The van der Waals surface area contributed by atoms with Gasteiger partial charge in [-0.2, -0.15) is 0 Å². The highest BCUT2D eigenvalue weighted by molar-refractivity contribution is 5.94. The van der Waals surface area contributed by atoms with Gasteiger partial charge >= 0.3 is 0 Å². The minimum absolute atomic E-state index is 0.0509. The molecule has 1 aromatic rings. The van der Waals surface area contributed by atoms with Crippen molar-refractivity contribution >= 4 is 11.8 Å². The first-order chi connectivity index (χ1) is 13.4. The molecule has 3 aliphatic rings. The molecule has 4 rings (SSSR count). The Kier molecular flexibility index (Phi) is 5.41. The van der Waals surface area contributed by atoms with E-state index in [9.17, 15) is 9.59 Å². The molecule has 28 heavy (non-hydrogen) atoms. The zero-order valence-corrected chi connectivity index (χ0v) is 17.1. The average Bonchev–Trinajstić information content (AvgIpc) is 2.76. The van der Waals surface area contributed by atoms with Crippen LogP contribution in [0.3, 0.4) is 0 Å². The van der Waals surface area contributed by atoms with Crippen LogP contribution in [0.2, 0.25) is 0 Å². The van der Waals surface area contributed by atoms with Gasteiger partial charge in [0, 0.05) is 43.1 Å². The van der Waals surface area contributed by atoms with Crippen LogP contribution in [0, 0.1) is 19.8 Å². The second-order valence-corrected chi connectivity index (χ2v) is 8.78. The van der Waals surface area contributed by atoms with Crippen molar-refractivity contribution < 1.29 is 14.3 Å². The van der Waals surface area contributed by atoms with Crippen molar-refractivity contribution in [2.75, 3.05) is 32.8 Å². The molecule has 2 aliphatic heterocycles. The van der Waals surface area contributed by atoms with Crippen molar-refractivity contribution in [3.8, 4) is 0 Å². The molecular formula is C22H31N3O3. The number of likely N-dealkylation sites (tertiary alicyclic amines) is 1. The molecule has 2 amide bonds. The standard InChI is InChI=1S/C22H31N3O3/c1-16-12-19(13-17(2)23-16)21(27)24-8-6-22(7-9-24)14-20(26)25(10-11-28-22)15-18-4-3-5-18/h12-13,18H,3-11,14-15H2,1-2H3. The van der Waals surface area contributed by atoms with Crippen LogP contribution in [-0.2, 0) is 9.53 Å². The van der Waals surface area contributed by atoms with E-state index in [-0.39, 0.29) is 11.8 Å². The summed E-state index contributed by atoms with van der Waals surface area (Å²) in [7, 11) is 0. The van der Waals surface area contributed by atoms with Gasteiger partial charge in [-0.15, -0.1) is 0 Å². The molecule has 1 saturated carbocycles. The summed E-state index contributed by atoms with van der Waals surface area (Å²) in [6.07, 6.45) is 5.71. The number of pyridine rings is 1. The number of carbonyl (C=O) groups is 2. The lowest BCUT2D eigenvalue weighted by molar-refractivity contribution is -0.135. The molecule has 152 valence electrons. The maximum absolute atomic E-state index is 12.9. The predicted octanol–water partition coefficient (Wildman–Crippen LogP) is 2.72. The summed E-state index contributed by atoms with van der Waals surface area (Å²) >= 11 is 0. The Labute approximate surface area is 167 Å². The molecule has 0 unspecified atom stereocenters. The Bertz CT molecular complexity index is 731. The lowest BCUT2D eigenvalue weighted by Gasteiger charge is -2.40. The number of amides is 2. The number of rotatable bonds is 3. The van der Waals surface area contributed by atoms with Crippen molar-refractivity contribution in [3.05, 3.63) is 29.1 Å². The molecule has 6 nitrogen and oxygen atoms in total. The van der Waals surface area contributed by atoms with Gasteiger partial charge in [0.15, 0.2) is 0 Å². The number of aryl methyl sites for hydroxylation is 2. The molecule has 6 heteroatoms. The molecule has 0 N–H and O–H groups in total. The maximum Gasteiger partial charge on any atom is 0.253 e. The molecule has 2 saturated heterocycles. The fourth-order valence-electron chi connectivity index (χ4n) is 4.69. The summed E-state index contributed by atoms with van der Waals surface area (Å²) in [4.78, 5) is 34.0. The van der Waals surface area contributed by atoms with E-state index in [4.69, 9.17) is 4.74 Å². The van der Waals surface area contributed by atoms with E-state index in [1.54, 1.807) is 0 Å². The molecule has 1 aromatic heterocycles. The highest BCUT2D eigenvalue weighted by atomic mass is 16.5. The highest BCUT2D eigenvalue weighted by Crippen LogP contribution is 2.34. The number of carbonyl (C=O) groups excluding carboxylic acids is 2. The van der Waals surface area contributed by atoms with Gasteiger partial charge in [-0.1, -0.05) is 6.42 Å². The highest BCUT2D eigenvalue weighted by Gasteiger charge is 2.42. The van der Waals surface area contributed by atoms with Gasteiger partial charge in [-0.3, -0.25) is 14.6 Å². The Morgan fingerprint density at radius 3 is 2.46 bits per heavy atom. The van der Waals surface area contributed by atoms with Gasteiger partial charge in [0.25, 0.3) is 5.91 Å². The van der Waals surface area contributed by atoms with E-state index in [0.717, 1.165) is 30.8 Å². The third kappa shape index (κ3) is 4.07. The maximum atomic E-state index is 12.9. The summed E-state index contributed by atoms with van der Waals surface area (Å²) in [5, 5.41) is 0. The third-order valence-corrected chi connectivity index (χ3v) is 6.59. The van der Waals surface area contributed by atoms with Crippen LogP contribution in [0.15, 0.2) is 12.1 Å². The number of hydrogen-bond donors (Lipinski definition) is 0. The van der Waals surface area contributed by atoms with E-state index in [2.05, 4.69) is 4.98 Å². The molecular weight excluding hydrogens is 354 g/mol. The molecule has 1 spiro atoms. The normalized spacial score (nSPS) is 22.9. The van der Waals surface area contributed by atoms with Crippen LogP contribution >= 0.6 is 0 Å². The molecule has 0 bridgehead atoms. The number of ether oxygens (including phenoxy) is 1. The van der Waals surface area contributed by atoms with E-state index in [1.807, 2.05) is 35.8 Å². The van der Waals surface area contributed by atoms with Crippen LogP contribution in [0.5, 0.6) is 0 Å². The van der Waals surface area contributed by atoms with E-state index >= 15 is 0 Å². The Balaban J connectivity index is 1.37. The Hall–Kier alpha value is -1.95. The smallest absolute Gasteiger partial charge is 0.253 e. The first kappa shape index (κ1) is 19.4. The summed E-state index contributed by atoms with van der Waals surface area (Å²) in [6, 6.07) is 3.70. The molecule has 0 aromatic carbocycles. The fraction of sp³-hybridized carbons (Fsp3) is 0.682. The molecule has 0 atom stereocenters. The summed E-state index contributed by atoms with van der Waals surface area (Å²) < 4.78 is 6.23. The van der Waals surface area contributed by atoms with Gasteiger partial charge in [0.1, 0.15) is 0 Å². The quantitative estimate of drug-likeness (QED) is 0.803. The Morgan fingerprint density at radius 2 is 1.86 bits per heavy atom. The van der Waals surface area contributed by atoms with Gasteiger partial charge in [-0.05, 0) is 57.6 Å². The number of nitrogens with zero attached hydrogens (tertiary/aromatic N) is 3. The monoisotopic (exact) mass is 385 g/mol. The van der Waals surface area contributed by atoms with Crippen molar-refractivity contribution in [1.29, 1.82) is 0 Å². The van der Waals surface area contributed by atoms with Crippen LogP contribution in [0.25, 0.3) is 0 Å². The fourth-order valence-corrected chi connectivity index (χ4v) is 4.69. The zero-order chi connectivity index (χ0) is 19.7. The second kappa shape index (κ2) is 7.82. The SMILES string of the molecule is Cc1cc(C(=O)N2CCC3(CC2)CC(=O)N(CC2CCC2)CCO3)cc(C)n1. The second-order valence-electron chi connectivity index (χ2n) is 8.78. The van der Waals surface area contributed by atoms with Crippen molar-refractivity contribution in [1.82, 2.24) is 14.8 Å². The molecule has 3 heterocycles. The topological polar surface area (TPSA) is 62.7 Å². The van der Waals surface area contributed by atoms with Crippen LogP contribution in [-0.4, -0.2) is 65.0 Å². The number of aromatic nitrogens is 1. The predicted molar refractivity (Wildman–Crippen MR) is 106 cm³/mol. The molecule has 1 aliphatic carbocycles. The van der Waals surface area contributed by atoms with Gasteiger partial charge in [-0.25, -0.2) is 0 Å². The van der Waals surface area contributed by atoms with Crippen LogP contribution in [0.1, 0.15) is 60.3 Å². The summed E-state index contributed by atoms with van der Waals surface area (Å²) in [5.41, 5.74) is 2.03. The van der Waals surface area contributed by atoms with E-state index < -0.39 is 5.60 Å². The van der Waals surface area contributed by atoms with Crippen molar-refractivity contribution in [2.45, 2.75) is 58.0 Å². The minimum Gasteiger partial charge on any atom is -0.372 e. The van der Waals surface area contributed by atoms with Crippen molar-refractivity contribution in [3.63, 3.8) is 0 Å². The molecule has 3 fully saturated rings. The van der Waals surface area contributed by atoms with Crippen LogP contribution < -0.4 is 0 Å². The third-order valence-electron chi connectivity index (χ3n) is 6.59. The number of hydrogen-bond acceptors (Lipinski definition) is 4. The van der Waals surface area contributed by atoms with Crippen molar-refractivity contribution in [2.24, 2.45) is 5.92 Å². The van der Waals surface area contributed by atoms with Gasteiger partial charge < -0.3 is 14.5 Å². The van der Waals surface area contributed by atoms with E-state index in [0.29, 0.717) is 44.1 Å². The summed E-state index contributed by atoms with van der Waals surface area (Å²) in [6.45, 7) is 7.29. The van der Waals surface area contributed by atoms with Gasteiger partial charge in [0.05, 0.1) is 18.6 Å². The van der Waals surface area contributed by atoms with Crippen LogP contribution in [0.4, 0.5) is 0 Å². The first-order valence-electron chi connectivity index (χ1n) is 10.6. The first-order valence-corrected chi connectivity index (χ1v) is 10.6. The minimum atomic E-state index is -0.397. The lowest BCUT2D eigenvalue weighted by atomic mass is 9.84. The number of piperidine rings is 1. The largest absolute Gasteiger partial charge is 0.372 e. The Morgan fingerprint density at radius 1 is 1.18 bits per heavy atom. The average molecular weight is 386 g/mol. The van der Waals surface area contributed by atoms with Gasteiger partial charge in [0.2, 0.25) is 5.91 Å². The summed E-state index contributed by atoms with van der Waals surface area (Å²) in [5.74, 6) is 0.962.